The molecule has 1 aromatic heterocycles. The molecule has 2 fully saturated rings. The van der Waals surface area contributed by atoms with Gasteiger partial charge in [0, 0.05) is 25.7 Å². The van der Waals surface area contributed by atoms with Crippen LogP contribution in [0.2, 0.25) is 0 Å². The van der Waals surface area contributed by atoms with Gasteiger partial charge in [-0.05, 0) is 43.4 Å². The third-order valence-electron chi connectivity index (χ3n) is 5.62. The van der Waals surface area contributed by atoms with E-state index < -0.39 is 0 Å². The second kappa shape index (κ2) is 7.51. The fourth-order valence-electron chi connectivity index (χ4n) is 3.80. The lowest BCUT2D eigenvalue weighted by atomic mass is 10.1. The van der Waals surface area contributed by atoms with Gasteiger partial charge in [-0.15, -0.1) is 0 Å². The van der Waals surface area contributed by atoms with E-state index in [1.165, 1.54) is 12.8 Å². The monoisotopic (exact) mass is 363 g/mol. The van der Waals surface area contributed by atoms with Crippen LogP contribution in [0.4, 0.5) is 5.69 Å². The Kier molecular flexibility index (Phi) is 4.92. The van der Waals surface area contributed by atoms with Crippen molar-refractivity contribution in [2.24, 2.45) is 11.8 Å². The van der Waals surface area contributed by atoms with Crippen LogP contribution in [-0.2, 0) is 9.59 Å². The van der Waals surface area contributed by atoms with Gasteiger partial charge in [0.15, 0.2) is 0 Å². The summed E-state index contributed by atoms with van der Waals surface area (Å²) < 4.78 is 0. The summed E-state index contributed by atoms with van der Waals surface area (Å²) in [6.07, 6.45) is 6.08. The smallest absolute Gasteiger partial charge is 0.232 e. The molecule has 1 saturated carbocycles. The first kappa shape index (κ1) is 17.7. The SMILES string of the molecule is CC(c1ccccc1)N1CC(C(=O)N(CC2CC2)c2cccnc2)CC1=O. The molecule has 2 unspecified atom stereocenters. The number of carbonyl (C=O) groups excluding carboxylic acids is 2. The number of benzene rings is 1. The fourth-order valence-corrected chi connectivity index (χ4v) is 3.80. The number of hydrogen-bond donors (Lipinski definition) is 0. The summed E-state index contributed by atoms with van der Waals surface area (Å²) in [5.74, 6) is 0.390. The lowest BCUT2D eigenvalue weighted by molar-refractivity contribution is -0.130. The first-order chi connectivity index (χ1) is 13.1. The van der Waals surface area contributed by atoms with Gasteiger partial charge in [0.25, 0.3) is 0 Å². The molecule has 1 aliphatic heterocycles. The summed E-state index contributed by atoms with van der Waals surface area (Å²) in [7, 11) is 0. The van der Waals surface area contributed by atoms with Crippen LogP contribution in [-0.4, -0.2) is 34.8 Å². The van der Waals surface area contributed by atoms with Crippen molar-refractivity contribution < 1.29 is 9.59 Å². The first-order valence-electron chi connectivity index (χ1n) is 9.69. The Morgan fingerprint density at radius 2 is 2.00 bits per heavy atom. The van der Waals surface area contributed by atoms with E-state index in [1.807, 2.05) is 59.2 Å². The highest BCUT2D eigenvalue weighted by molar-refractivity contribution is 5.99. The molecule has 1 aliphatic carbocycles. The summed E-state index contributed by atoms with van der Waals surface area (Å²) in [5, 5.41) is 0. The van der Waals surface area contributed by atoms with Crippen molar-refractivity contribution >= 4 is 17.5 Å². The van der Waals surface area contributed by atoms with Crippen LogP contribution in [0.3, 0.4) is 0 Å². The van der Waals surface area contributed by atoms with E-state index in [9.17, 15) is 9.59 Å². The highest BCUT2D eigenvalue weighted by Gasteiger charge is 2.40. The van der Waals surface area contributed by atoms with Gasteiger partial charge in [-0.1, -0.05) is 30.3 Å². The Bertz CT molecular complexity index is 805. The Morgan fingerprint density at radius 1 is 1.22 bits per heavy atom. The van der Waals surface area contributed by atoms with Crippen molar-refractivity contribution in [2.75, 3.05) is 18.0 Å². The van der Waals surface area contributed by atoms with E-state index in [4.69, 9.17) is 0 Å². The van der Waals surface area contributed by atoms with Gasteiger partial charge in [-0.25, -0.2) is 0 Å². The standard InChI is InChI=1S/C22H25N3O2/c1-16(18-6-3-2-4-7-18)24-15-19(12-21(24)26)22(27)25(14-17-9-10-17)20-8-5-11-23-13-20/h2-8,11,13,16-17,19H,9-10,12,14-15H2,1H3. The summed E-state index contributed by atoms with van der Waals surface area (Å²) in [4.78, 5) is 33.8. The number of anilines is 1. The molecular weight excluding hydrogens is 338 g/mol. The second-order valence-electron chi connectivity index (χ2n) is 7.64. The Morgan fingerprint density at radius 3 is 2.67 bits per heavy atom. The number of amides is 2. The van der Waals surface area contributed by atoms with E-state index in [1.54, 1.807) is 12.4 Å². The largest absolute Gasteiger partial charge is 0.335 e. The van der Waals surface area contributed by atoms with Crippen LogP contribution in [0, 0.1) is 11.8 Å². The topological polar surface area (TPSA) is 53.5 Å². The Labute approximate surface area is 160 Å². The molecule has 27 heavy (non-hydrogen) atoms. The normalized spacial score (nSPS) is 20.6. The quantitative estimate of drug-likeness (QED) is 0.790. The average molecular weight is 363 g/mol. The third-order valence-corrected chi connectivity index (χ3v) is 5.62. The predicted octanol–water partition coefficient (Wildman–Crippen LogP) is 3.43. The highest BCUT2D eigenvalue weighted by atomic mass is 16.2. The van der Waals surface area contributed by atoms with Crippen molar-refractivity contribution in [3.63, 3.8) is 0 Å². The zero-order valence-electron chi connectivity index (χ0n) is 15.6. The first-order valence-corrected chi connectivity index (χ1v) is 9.69. The van der Waals surface area contributed by atoms with Crippen molar-refractivity contribution in [3.05, 3.63) is 60.4 Å². The average Bonchev–Trinajstić information content (AvgIpc) is 3.46. The third kappa shape index (κ3) is 3.87. The van der Waals surface area contributed by atoms with Gasteiger partial charge < -0.3 is 9.80 Å². The molecule has 2 heterocycles. The van der Waals surface area contributed by atoms with Crippen LogP contribution in [0.25, 0.3) is 0 Å². The van der Waals surface area contributed by atoms with Gasteiger partial charge in [-0.3, -0.25) is 14.6 Å². The fraction of sp³-hybridized carbons (Fsp3) is 0.409. The van der Waals surface area contributed by atoms with Crippen molar-refractivity contribution in [1.29, 1.82) is 0 Å². The van der Waals surface area contributed by atoms with Gasteiger partial charge in [0.1, 0.15) is 0 Å². The Hall–Kier alpha value is -2.69. The molecule has 0 radical (unpaired) electrons. The molecule has 0 bridgehead atoms. The molecule has 2 aromatic rings. The van der Waals surface area contributed by atoms with Crippen molar-refractivity contribution in [1.82, 2.24) is 9.88 Å². The van der Waals surface area contributed by atoms with E-state index in [-0.39, 0.29) is 30.2 Å². The molecule has 0 spiro atoms. The van der Waals surface area contributed by atoms with Crippen LogP contribution in [0.1, 0.15) is 37.8 Å². The summed E-state index contributed by atoms with van der Waals surface area (Å²) in [5.41, 5.74) is 1.93. The Balaban J connectivity index is 1.50. The maximum Gasteiger partial charge on any atom is 0.232 e. The summed E-state index contributed by atoms with van der Waals surface area (Å²) >= 11 is 0. The van der Waals surface area contributed by atoms with Crippen LogP contribution < -0.4 is 4.90 Å². The number of nitrogens with zero attached hydrogens (tertiary/aromatic N) is 3. The maximum atomic E-state index is 13.3. The van der Waals surface area contributed by atoms with Gasteiger partial charge in [0.2, 0.25) is 11.8 Å². The lowest BCUT2D eigenvalue weighted by Crippen LogP contribution is -2.39. The zero-order valence-corrected chi connectivity index (χ0v) is 15.6. The molecule has 140 valence electrons. The van der Waals surface area contributed by atoms with Crippen molar-refractivity contribution in [2.45, 2.75) is 32.2 Å². The predicted molar refractivity (Wildman–Crippen MR) is 104 cm³/mol. The molecule has 2 aliphatic rings. The molecule has 0 N–H and O–H groups in total. The molecule has 2 atom stereocenters. The number of hydrogen-bond acceptors (Lipinski definition) is 3. The van der Waals surface area contributed by atoms with Crippen molar-refractivity contribution in [3.8, 4) is 0 Å². The zero-order chi connectivity index (χ0) is 18.8. The summed E-state index contributed by atoms with van der Waals surface area (Å²) in [6.45, 7) is 3.24. The molecule has 1 aromatic carbocycles. The number of likely N-dealkylation sites (tertiary alicyclic amines) is 1. The van der Waals surface area contributed by atoms with Gasteiger partial charge >= 0.3 is 0 Å². The van der Waals surface area contributed by atoms with E-state index in [0.717, 1.165) is 17.8 Å². The minimum Gasteiger partial charge on any atom is -0.335 e. The minimum atomic E-state index is -0.289. The molecule has 5 heteroatoms. The molecular formula is C22H25N3O2. The van der Waals surface area contributed by atoms with E-state index in [2.05, 4.69) is 4.98 Å². The van der Waals surface area contributed by atoms with Crippen LogP contribution in [0.15, 0.2) is 54.9 Å². The number of aromatic nitrogens is 1. The number of carbonyl (C=O) groups is 2. The number of pyridine rings is 1. The molecule has 5 nitrogen and oxygen atoms in total. The highest BCUT2D eigenvalue weighted by Crippen LogP contribution is 2.34. The second-order valence-corrected chi connectivity index (χ2v) is 7.64. The molecule has 4 rings (SSSR count). The summed E-state index contributed by atoms with van der Waals surface area (Å²) in [6, 6.07) is 13.7. The molecule has 2 amide bonds. The van der Waals surface area contributed by atoms with Crippen LogP contribution >= 0.6 is 0 Å². The van der Waals surface area contributed by atoms with Crippen LogP contribution in [0.5, 0.6) is 0 Å². The van der Waals surface area contributed by atoms with Gasteiger partial charge in [0.05, 0.1) is 23.8 Å². The number of rotatable bonds is 6. The maximum absolute atomic E-state index is 13.3. The lowest BCUT2D eigenvalue weighted by Gasteiger charge is -2.27. The molecule has 1 saturated heterocycles. The van der Waals surface area contributed by atoms with Gasteiger partial charge in [-0.2, -0.15) is 0 Å². The van der Waals surface area contributed by atoms with E-state index in [0.29, 0.717) is 12.5 Å². The van der Waals surface area contributed by atoms with E-state index >= 15 is 0 Å². The minimum absolute atomic E-state index is 0.0215.